The second kappa shape index (κ2) is 7.72. The van der Waals surface area contributed by atoms with Crippen molar-refractivity contribution in [2.75, 3.05) is 23.7 Å². The molecule has 29 heavy (non-hydrogen) atoms. The van der Waals surface area contributed by atoms with Crippen molar-refractivity contribution >= 4 is 11.8 Å². The second-order valence-electron chi connectivity index (χ2n) is 7.09. The number of anilines is 2. The minimum atomic E-state index is -0.216. The number of nitrogen functional groups attached to an aromatic ring is 1. The summed E-state index contributed by atoms with van der Waals surface area (Å²) in [7, 11) is 0. The van der Waals surface area contributed by atoms with Crippen LogP contribution in [0.2, 0.25) is 0 Å². The number of nitrogens with one attached hydrogen (secondary N) is 1. The van der Waals surface area contributed by atoms with Crippen LogP contribution >= 0.6 is 0 Å². The average Bonchev–Trinajstić information content (AvgIpc) is 2.74. The quantitative estimate of drug-likeness (QED) is 0.708. The van der Waals surface area contributed by atoms with Crippen LogP contribution in [0.25, 0.3) is 22.4 Å². The zero-order valence-corrected chi connectivity index (χ0v) is 16.1. The van der Waals surface area contributed by atoms with Crippen molar-refractivity contribution in [2.24, 2.45) is 0 Å². The van der Waals surface area contributed by atoms with Gasteiger partial charge >= 0.3 is 0 Å². The summed E-state index contributed by atoms with van der Waals surface area (Å²) in [5, 5.41) is 9.54. The number of piperidine rings is 1. The molecule has 1 aliphatic rings. The van der Waals surface area contributed by atoms with Gasteiger partial charge in [0.25, 0.3) is 0 Å². The van der Waals surface area contributed by atoms with Crippen LogP contribution in [0.1, 0.15) is 30.5 Å². The minimum Gasteiger partial charge on any atom is -0.383 e. The molecule has 0 aliphatic carbocycles. The highest BCUT2D eigenvalue weighted by atomic mass is 16.1. The summed E-state index contributed by atoms with van der Waals surface area (Å²) in [6.45, 7) is 3.86. The van der Waals surface area contributed by atoms with E-state index in [2.05, 4.69) is 30.9 Å². The van der Waals surface area contributed by atoms with Crippen LogP contribution in [0.15, 0.2) is 35.4 Å². The van der Waals surface area contributed by atoms with E-state index in [4.69, 9.17) is 5.73 Å². The Morgan fingerprint density at radius 3 is 2.62 bits per heavy atom. The number of aryl methyl sites for hydroxylation is 1. The van der Waals surface area contributed by atoms with Crippen LogP contribution in [0.4, 0.5) is 11.8 Å². The molecule has 0 saturated carbocycles. The number of nitrogens with two attached hydrogens (primary N) is 1. The van der Waals surface area contributed by atoms with Crippen molar-refractivity contribution in [3.05, 3.63) is 52.2 Å². The monoisotopic (exact) mass is 387 g/mol. The molecule has 8 heteroatoms. The number of aromatic amines is 1. The molecule has 4 heterocycles. The number of pyridine rings is 2. The summed E-state index contributed by atoms with van der Waals surface area (Å²) in [6.07, 6.45) is 6.87. The largest absolute Gasteiger partial charge is 0.383 e. The highest BCUT2D eigenvalue weighted by molar-refractivity contribution is 5.80. The summed E-state index contributed by atoms with van der Waals surface area (Å²) >= 11 is 0. The second-order valence-corrected chi connectivity index (χ2v) is 7.09. The van der Waals surface area contributed by atoms with Gasteiger partial charge < -0.3 is 15.6 Å². The molecule has 0 bridgehead atoms. The number of hydrogen-bond donors (Lipinski definition) is 2. The van der Waals surface area contributed by atoms with Crippen LogP contribution in [-0.2, 0) is 0 Å². The SMILES string of the molecule is Cc1nc(N2CCCCC2)ncc1-c1cc(-c2ccc(=O)[nH]c2)c(C#N)c(N)n1. The third kappa shape index (κ3) is 3.67. The van der Waals surface area contributed by atoms with Gasteiger partial charge in [0.05, 0.1) is 11.4 Å². The van der Waals surface area contributed by atoms with E-state index in [0.717, 1.165) is 43.1 Å². The molecular formula is C21H21N7O. The zero-order valence-electron chi connectivity index (χ0n) is 16.1. The Balaban J connectivity index is 1.78. The van der Waals surface area contributed by atoms with Gasteiger partial charge in [0, 0.05) is 42.7 Å². The van der Waals surface area contributed by atoms with Crippen LogP contribution in [0.5, 0.6) is 0 Å². The fraction of sp³-hybridized carbons (Fsp3) is 0.286. The number of hydrogen-bond acceptors (Lipinski definition) is 7. The first-order valence-corrected chi connectivity index (χ1v) is 9.55. The van der Waals surface area contributed by atoms with E-state index in [-0.39, 0.29) is 16.9 Å². The molecule has 0 aromatic carbocycles. The maximum absolute atomic E-state index is 11.4. The van der Waals surface area contributed by atoms with E-state index in [0.29, 0.717) is 16.8 Å². The summed E-state index contributed by atoms with van der Waals surface area (Å²) in [5.74, 6) is 0.860. The molecule has 8 nitrogen and oxygen atoms in total. The molecule has 0 radical (unpaired) electrons. The number of nitrogens with zero attached hydrogens (tertiary/aromatic N) is 5. The van der Waals surface area contributed by atoms with Crippen molar-refractivity contribution in [1.29, 1.82) is 5.26 Å². The van der Waals surface area contributed by atoms with Gasteiger partial charge in [-0.05, 0) is 43.9 Å². The fourth-order valence-corrected chi connectivity index (χ4v) is 3.58. The molecule has 1 fully saturated rings. The van der Waals surface area contributed by atoms with E-state index in [1.807, 2.05) is 6.92 Å². The molecule has 3 aromatic rings. The first-order valence-electron chi connectivity index (χ1n) is 9.55. The van der Waals surface area contributed by atoms with Gasteiger partial charge in [-0.15, -0.1) is 0 Å². The predicted octanol–water partition coefficient (Wildman–Crippen LogP) is 2.65. The first kappa shape index (κ1) is 18.6. The fourth-order valence-electron chi connectivity index (χ4n) is 3.58. The smallest absolute Gasteiger partial charge is 0.247 e. The Labute approximate surface area is 168 Å². The number of nitriles is 1. The van der Waals surface area contributed by atoms with Gasteiger partial charge in [-0.25, -0.2) is 15.0 Å². The molecule has 0 spiro atoms. The maximum atomic E-state index is 11.4. The lowest BCUT2D eigenvalue weighted by Crippen LogP contribution is -2.31. The Bertz CT molecular complexity index is 1140. The molecule has 0 amide bonds. The van der Waals surface area contributed by atoms with Crippen LogP contribution in [0, 0.1) is 18.3 Å². The lowest BCUT2D eigenvalue weighted by Gasteiger charge is -2.27. The third-order valence-corrected chi connectivity index (χ3v) is 5.14. The van der Waals surface area contributed by atoms with Gasteiger partial charge in [-0.2, -0.15) is 5.26 Å². The van der Waals surface area contributed by atoms with Gasteiger partial charge in [0.1, 0.15) is 17.5 Å². The Kier molecular flexibility index (Phi) is 4.96. The molecule has 3 N–H and O–H groups in total. The first-order chi connectivity index (χ1) is 14.1. The van der Waals surface area contributed by atoms with Gasteiger partial charge in [-0.1, -0.05) is 0 Å². The van der Waals surface area contributed by atoms with Crippen LogP contribution in [-0.4, -0.2) is 33.0 Å². The topological polar surface area (TPSA) is 125 Å². The van der Waals surface area contributed by atoms with Crippen molar-refractivity contribution in [3.63, 3.8) is 0 Å². The summed E-state index contributed by atoms with van der Waals surface area (Å²) < 4.78 is 0. The third-order valence-electron chi connectivity index (χ3n) is 5.14. The summed E-state index contributed by atoms with van der Waals surface area (Å²) in [6, 6.07) is 6.96. The molecule has 1 saturated heterocycles. The van der Waals surface area contributed by atoms with E-state index < -0.39 is 0 Å². The molecule has 1 aliphatic heterocycles. The van der Waals surface area contributed by atoms with Crippen molar-refractivity contribution in [2.45, 2.75) is 26.2 Å². The Morgan fingerprint density at radius 1 is 1.17 bits per heavy atom. The highest BCUT2D eigenvalue weighted by Gasteiger charge is 2.18. The highest BCUT2D eigenvalue weighted by Crippen LogP contribution is 2.31. The van der Waals surface area contributed by atoms with Gasteiger partial charge in [-0.3, -0.25) is 4.79 Å². The molecule has 3 aromatic heterocycles. The van der Waals surface area contributed by atoms with Crippen molar-refractivity contribution < 1.29 is 0 Å². The maximum Gasteiger partial charge on any atom is 0.247 e. The summed E-state index contributed by atoms with van der Waals surface area (Å²) in [4.78, 5) is 29.9. The number of rotatable bonds is 3. The van der Waals surface area contributed by atoms with E-state index in [9.17, 15) is 10.1 Å². The number of aromatic nitrogens is 4. The Hall–Kier alpha value is -3.73. The van der Waals surface area contributed by atoms with Crippen molar-refractivity contribution in [1.82, 2.24) is 19.9 Å². The van der Waals surface area contributed by atoms with Gasteiger partial charge in [0.15, 0.2) is 0 Å². The van der Waals surface area contributed by atoms with Gasteiger partial charge in [0.2, 0.25) is 11.5 Å². The molecular weight excluding hydrogens is 366 g/mol. The van der Waals surface area contributed by atoms with Crippen LogP contribution in [0.3, 0.4) is 0 Å². The standard InChI is InChI=1S/C21H21N7O/c1-13-17(12-25-21(26-13)28-7-3-2-4-8-28)18-9-15(16(10-22)20(23)27-18)14-5-6-19(29)24-11-14/h5-6,9,11-12H,2-4,7-8H2,1H3,(H2,23,27)(H,24,29). The van der Waals surface area contributed by atoms with E-state index >= 15 is 0 Å². The van der Waals surface area contributed by atoms with E-state index in [1.165, 1.54) is 12.5 Å². The zero-order chi connectivity index (χ0) is 20.4. The molecule has 4 rings (SSSR count). The average molecular weight is 387 g/mol. The molecule has 0 unspecified atom stereocenters. The van der Waals surface area contributed by atoms with E-state index in [1.54, 1.807) is 24.5 Å². The normalized spacial score (nSPS) is 13.9. The van der Waals surface area contributed by atoms with Crippen molar-refractivity contribution in [3.8, 4) is 28.5 Å². The van der Waals surface area contributed by atoms with Crippen LogP contribution < -0.4 is 16.2 Å². The minimum absolute atomic E-state index is 0.130. The lowest BCUT2D eigenvalue weighted by molar-refractivity contribution is 0.568. The Morgan fingerprint density at radius 2 is 1.97 bits per heavy atom. The number of H-pyrrole nitrogens is 1. The molecule has 0 atom stereocenters. The summed E-state index contributed by atoms with van der Waals surface area (Å²) in [5.41, 5.74) is 9.56. The predicted molar refractivity (Wildman–Crippen MR) is 111 cm³/mol. The molecule has 146 valence electrons. The lowest BCUT2D eigenvalue weighted by atomic mass is 10.00.